The number of aromatic nitrogens is 4. The van der Waals surface area contributed by atoms with Gasteiger partial charge >= 0.3 is 0 Å². The number of hydrogen-bond donors (Lipinski definition) is 0. The van der Waals surface area contributed by atoms with E-state index in [1.54, 1.807) is 35.1 Å². The molecule has 5 rings (SSSR count). The minimum atomic E-state index is -3.58. The number of rotatable bonds is 5. The molecule has 0 amide bonds. The Labute approximate surface area is 179 Å². The number of benzene rings is 2. The van der Waals surface area contributed by atoms with Crippen molar-refractivity contribution in [3.05, 3.63) is 73.1 Å². The number of para-hydroxylation sites is 1. The summed E-state index contributed by atoms with van der Waals surface area (Å²) in [7, 11) is -3.58. The Morgan fingerprint density at radius 2 is 1.52 bits per heavy atom. The molecule has 0 atom stereocenters. The first-order valence-electron chi connectivity index (χ1n) is 9.85. The highest BCUT2D eigenvalue weighted by molar-refractivity contribution is 7.89. The monoisotopic (exact) mass is 436 g/mol. The van der Waals surface area contributed by atoms with Gasteiger partial charge in [-0.1, -0.05) is 18.2 Å². The topological polar surface area (TPSA) is 92.9 Å². The lowest BCUT2D eigenvalue weighted by Gasteiger charge is -2.34. The number of anilines is 1. The maximum atomic E-state index is 13.1. The number of fused-ring (bicyclic) bond motifs is 1. The second kappa shape index (κ2) is 7.97. The van der Waals surface area contributed by atoms with E-state index in [1.165, 1.54) is 4.31 Å². The molecule has 3 heterocycles. The lowest BCUT2D eigenvalue weighted by molar-refractivity contribution is 0.383. The van der Waals surface area contributed by atoms with Crippen LogP contribution in [-0.2, 0) is 10.0 Å². The molecule has 0 bridgehead atoms. The van der Waals surface area contributed by atoms with E-state index in [1.807, 2.05) is 42.5 Å². The molecule has 31 heavy (non-hydrogen) atoms. The van der Waals surface area contributed by atoms with Crippen LogP contribution in [0.25, 0.3) is 5.65 Å². The van der Waals surface area contributed by atoms with Crippen molar-refractivity contribution in [2.75, 3.05) is 31.1 Å². The van der Waals surface area contributed by atoms with Crippen molar-refractivity contribution in [1.29, 1.82) is 0 Å². The van der Waals surface area contributed by atoms with Crippen molar-refractivity contribution in [2.45, 2.75) is 4.90 Å². The summed E-state index contributed by atoms with van der Waals surface area (Å²) in [5, 5.41) is 12.3. The van der Waals surface area contributed by atoms with Gasteiger partial charge in [-0.25, -0.2) is 8.42 Å². The summed E-state index contributed by atoms with van der Waals surface area (Å²) < 4.78 is 35.0. The molecule has 4 aromatic rings. The van der Waals surface area contributed by atoms with E-state index in [0.29, 0.717) is 43.3 Å². The number of nitrogens with zero attached hydrogens (tertiary/aromatic N) is 6. The van der Waals surface area contributed by atoms with Gasteiger partial charge in [-0.05, 0) is 48.5 Å². The first kappa shape index (κ1) is 19.5. The Balaban J connectivity index is 1.26. The van der Waals surface area contributed by atoms with E-state index >= 15 is 0 Å². The molecule has 2 aromatic heterocycles. The average Bonchev–Trinajstić information content (AvgIpc) is 3.28. The smallest absolute Gasteiger partial charge is 0.243 e. The molecule has 0 unspecified atom stereocenters. The third kappa shape index (κ3) is 3.94. The molecule has 1 fully saturated rings. The van der Waals surface area contributed by atoms with Gasteiger partial charge in [0.25, 0.3) is 0 Å². The van der Waals surface area contributed by atoms with E-state index in [0.717, 1.165) is 5.82 Å². The molecule has 1 saturated heterocycles. The summed E-state index contributed by atoms with van der Waals surface area (Å²) in [6, 6.07) is 19.6. The Bertz CT molecular complexity index is 1280. The fourth-order valence-electron chi connectivity index (χ4n) is 3.50. The predicted octanol–water partition coefficient (Wildman–Crippen LogP) is 2.43. The molecule has 0 spiro atoms. The summed E-state index contributed by atoms with van der Waals surface area (Å²) in [6.45, 7) is 1.86. The van der Waals surface area contributed by atoms with Crippen LogP contribution in [0, 0.1) is 0 Å². The third-order valence-electron chi connectivity index (χ3n) is 5.15. The van der Waals surface area contributed by atoms with Crippen LogP contribution in [0.1, 0.15) is 0 Å². The molecule has 2 aromatic carbocycles. The molecular weight excluding hydrogens is 416 g/mol. The Morgan fingerprint density at radius 3 is 2.26 bits per heavy atom. The zero-order valence-corrected chi connectivity index (χ0v) is 17.4. The summed E-state index contributed by atoms with van der Waals surface area (Å²) in [4.78, 5) is 2.31. The van der Waals surface area contributed by atoms with Crippen molar-refractivity contribution in [3.63, 3.8) is 0 Å². The van der Waals surface area contributed by atoms with Crippen LogP contribution in [-0.4, -0.2) is 58.7 Å². The second-order valence-corrected chi connectivity index (χ2v) is 9.04. The number of sulfonamides is 1. The highest BCUT2D eigenvalue weighted by atomic mass is 32.2. The predicted molar refractivity (Wildman–Crippen MR) is 115 cm³/mol. The van der Waals surface area contributed by atoms with Crippen molar-refractivity contribution >= 4 is 21.5 Å². The third-order valence-corrected chi connectivity index (χ3v) is 7.06. The molecular formula is C21H20N6O3S. The Kier molecular flexibility index (Phi) is 5.00. The molecule has 10 heteroatoms. The molecule has 158 valence electrons. The van der Waals surface area contributed by atoms with Crippen LogP contribution >= 0.6 is 0 Å². The average molecular weight is 436 g/mol. The zero-order valence-electron chi connectivity index (χ0n) is 16.6. The second-order valence-electron chi connectivity index (χ2n) is 7.10. The van der Waals surface area contributed by atoms with Gasteiger partial charge in [-0.2, -0.15) is 8.82 Å². The SMILES string of the molecule is O=S(=O)(c1ccc(Oc2ccccc2)cc1)N1CCN(c2ccc3nncn3n2)CC1. The molecule has 0 N–H and O–H groups in total. The molecule has 0 radical (unpaired) electrons. The molecule has 0 saturated carbocycles. The molecule has 9 nitrogen and oxygen atoms in total. The Morgan fingerprint density at radius 1 is 0.806 bits per heavy atom. The van der Waals surface area contributed by atoms with Crippen LogP contribution in [0.15, 0.2) is 78.0 Å². The van der Waals surface area contributed by atoms with Gasteiger partial charge < -0.3 is 9.64 Å². The first-order valence-corrected chi connectivity index (χ1v) is 11.3. The van der Waals surface area contributed by atoms with Gasteiger partial charge in [0.2, 0.25) is 10.0 Å². The van der Waals surface area contributed by atoms with Crippen LogP contribution in [0.2, 0.25) is 0 Å². The summed E-state index contributed by atoms with van der Waals surface area (Å²) >= 11 is 0. The van der Waals surface area contributed by atoms with E-state index in [4.69, 9.17) is 4.74 Å². The van der Waals surface area contributed by atoms with Crippen molar-refractivity contribution in [2.24, 2.45) is 0 Å². The number of ether oxygens (including phenoxy) is 1. The lowest BCUT2D eigenvalue weighted by atomic mass is 10.3. The molecule has 0 aliphatic carbocycles. The highest BCUT2D eigenvalue weighted by Crippen LogP contribution is 2.25. The molecule has 1 aliphatic rings. The van der Waals surface area contributed by atoms with E-state index in [-0.39, 0.29) is 4.90 Å². The maximum absolute atomic E-state index is 13.1. The van der Waals surface area contributed by atoms with Gasteiger partial charge in [-0.15, -0.1) is 15.3 Å². The minimum absolute atomic E-state index is 0.255. The van der Waals surface area contributed by atoms with Crippen molar-refractivity contribution in [1.82, 2.24) is 24.1 Å². The van der Waals surface area contributed by atoms with Crippen molar-refractivity contribution < 1.29 is 13.2 Å². The Hall–Kier alpha value is -3.50. The van der Waals surface area contributed by atoms with Gasteiger partial charge in [0.15, 0.2) is 5.65 Å². The fraction of sp³-hybridized carbons (Fsp3) is 0.190. The van der Waals surface area contributed by atoms with Crippen LogP contribution in [0.5, 0.6) is 11.5 Å². The van der Waals surface area contributed by atoms with E-state index in [9.17, 15) is 8.42 Å². The van der Waals surface area contributed by atoms with Gasteiger partial charge in [0.1, 0.15) is 23.6 Å². The zero-order chi connectivity index (χ0) is 21.3. The summed E-state index contributed by atoms with van der Waals surface area (Å²) in [6.07, 6.45) is 1.55. The van der Waals surface area contributed by atoms with Gasteiger partial charge in [0, 0.05) is 26.2 Å². The van der Waals surface area contributed by atoms with Crippen LogP contribution < -0.4 is 9.64 Å². The standard InChI is InChI=1S/C21H20N6O3S/c28-31(29,19-8-6-18(7-9-19)30-17-4-2-1-3-5-17)26-14-12-25(13-15-26)21-11-10-20-23-22-16-27(20)24-21/h1-11,16H,12-15H2. The number of hydrogen-bond acceptors (Lipinski definition) is 7. The summed E-state index contributed by atoms with van der Waals surface area (Å²) in [5.74, 6) is 2.06. The highest BCUT2D eigenvalue weighted by Gasteiger charge is 2.29. The number of piperazine rings is 1. The molecule has 1 aliphatic heterocycles. The maximum Gasteiger partial charge on any atom is 0.243 e. The summed E-state index contributed by atoms with van der Waals surface area (Å²) in [5.41, 5.74) is 0.671. The normalized spacial score (nSPS) is 15.3. The quantitative estimate of drug-likeness (QED) is 0.474. The lowest BCUT2D eigenvalue weighted by Crippen LogP contribution is -2.49. The van der Waals surface area contributed by atoms with Crippen molar-refractivity contribution in [3.8, 4) is 11.5 Å². The van der Waals surface area contributed by atoms with Crippen LogP contribution in [0.4, 0.5) is 5.82 Å². The van der Waals surface area contributed by atoms with E-state index < -0.39 is 10.0 Å². The largest absolute Gasteiger partial charge is 0.457 e. The van der Waals surface area contributed by atoms with Gasteiger partial charge in [0.05, 0.1) is 4.90 Å². The van der Waals surface area contributed by atoms with E-state index in [2.05, 4.69) is 20.2 Å². The minimum Gasteiger partial charge on any atom is -0.457 e. The van der Waals surface area contributed by atoms with Crippen LogP contribution in [0.3, 0.4) is 0 Å². The van der Waals surface area contributed by atoms with Gasteiger partial charge in [-0.3, -0.25) is 0 Å². The first-order chi connectivity index (χ1) is 15.1. The fourth-order valence-corrected chi connectivity index (χ4v) is 4.92.